The molecule has 1 aliphatic rings. The number of nitrogens with one attached hydrogen (secondary N) is 1. The van der Waals surface area contributed by atoms with Crippen LogP contribution in [0.25, 0.3) is 0 Å². The summed E-state index contributed by atoms with van der Waals surface area (Å²) in [7, 11) is 0. The lowest BCUT2D eigenvalue weighted by atomic mass is 10.3. The van der Waals surface area contributed by atoms with Gasteiger partial charge in [0.1, 0.15) is 0 Å². The zero-order valence-electron chi connectivity index (χ0n) is 7.64. The second kappa shape index (κ2) is 3.46. The van der Waals surface area contributed by atoms with Crippen molar-refractivity contribution in [3.8, 4) is 0 Å². The molecular formula is C9H13ClN2S. The van der Waals surface area contributed by atoms with Crippen LogP contribution in [-0.4, -0.2) is 16.4 Å². The first-order valence-corrected chi connectivity index (χ1v) is 5.98. The normalized spacial score (nSPS) is 18.6. The fourth-order valence-corrected chi connectivity index (χ4v) is 2.44. The van der Waals surface area contributed by atoms with Crippen molar-refractivity contribution < 1.29 is 0 Å². The van der Waals surface area contributed by atoms with Crippen molar-refractivity contribution in [3.05, 3.63) is 11.1 Å². The number of anilines is 1. The zero-order chi connectivity index (χ0) is 9.31. The molecule has 0 aliphatic heterocycles. The number of aryl methyl sites for hydroxylation is 1. The predicted molar refractivity (Wildman–Crippen MR) is 57.8 cm³/mol. The van der Waals surface area contributed by atoms with Crippen LogP contribution in [0.3, 0.4) is 0 Å². The first-order valence-electron chi connectivity index (χ1n) is 4.56. The molecule has 0 bridgehead atoms. The summed E-state index contributed by atoms with van der Waals surface area (Å²) in [6, 6.07) is 0. The molecule has 1 aliphatic carbocycles. The average molecular weight is 217 g/mol. The minimum Gasteiger partial charge on any atom is -0.355 e. The number of hydrogen-bond acceptors (Lipinski definition) is 3. The molecule has 1 heterocycles. The van der Waals surface area contributed by atoms with Crippen LogP contribution >= 0.6 is 22.9 Å². The molecule has 13 heavy (non-hydrogen) atoms. The topological polar surface area (TPSA) is 24.9 Å². The molecule has 0 radical (unpaired) electrons. The van der Waals surface area contributed by atoms with Gasteiger partial charge in [-0.1, -0.05) is 6.92 Å². The summed E-state index contributed by atoms with van der Waals surface area (Å²) >= 11 is 7.54. The fraction of sp³-hybridized carbons (Fsp3) is 0.667. The Labute approximate surface area is 87.3 Å². The third-order valence-electron chi connectivity index (χ3n) is 2.40. The number of hydrogen-bond donors (Lipinski definition) is 1. The number of aromatic nitrogens is 1. The predicted octanol–water partition coefficient (Wildman–Crippen LogP) is 2.89. The Kier molecular flexibility index (Phi) is 2.47. The highest BCUT2D eigenvalue weighted by molar-refractivity contribution is 7.13. The summed E-state index contributed by atoms with van der Waals surface area (Å²) in [5, 5.41) is 6.54. The molecule has 2 nitrogen and oxygen atoms in total. The van der Waals surface area contributed by atoms with E-state index in [-0.39, 0.29) is 5.54 Å². The van der Waals surface area contributed by atoms with Crippen LogP contribution in [0, 0.1) is 0 Å². The number of alkyl halides is 1. The highest BCUT2D eigenvalue weighted by atomic mass is 35.5. The Balaban J connectivity index is 2.01. The maximum absolute atomic E-state index is 5.86. The van der Waals surface area contributed by atoms with Gasteiger partial charge in [0, 0.05) is 11.3 Å². The lowest BCUT2D eigenvalue weighted by molar-refractivity contribution is 0.833. The molecule has 1 saturated carbocycles. The van der Waals surface area contributed by atoms with Gasteiger partial charge in [0.25, 0.3) is 0 Å². The van der Waals surface area contributed by atoms with Crippen LogP contribution in [-0.2, 0) is 6.42 Å². The summed E-state index contributed by atoms with van der Waals surface area (Å²) in [5.74, 6) is 0.689. The first-order chi connectivity index (χ1) is 6.28. The van der Waals surface area contributed by atoms with Crippen LogP contribution in [0.1, 0.15) is 25.5 Å². The van der Waals surface area contributed by atoms with Crippen LogP contribution in [0.4, 0.5) is 5.13 Å². The van der Waals surface area contributed by atoms with E-state index >= 15 is 0 Å². The Morgan fingerprint density at radius 2 is 2.46 bits per heavy atom. The average Bonchev–Trinajstić information content (AvgIpc) is 2.77. The van der Waals surface area contributed by atoms with Gasteiger partial charge in [-0.05, 0) is 19.3 Å². The lowest BCUT2D eigenvalue weighted by Crippen LogP contribution is -2.22. The molecule has 1 aromatic heterocycles. The van der Waals surface area contributed by atoms with E-state index in [4.69, 9.17) is 11.6 Å². The SMILES string of the molecule is CCc1csc(NC2(CCl)CC2)n1. The number of halogens is 1. The second-order valence-electron chi connectivity index (χ2n) is 3.54. The highest BCUT2D eigenvalue weighted by Crippen LogP contribution is 2.40. The number of nitrogens with zero attached hydrogens (tertiary/aromatic N) is 1. The van der Waals surface area contributed by atoms with E-state index in [1.807, 2.05) is 0 Å². The number of thiazole rings is 1. The van der Waals surface area contributed by atoms with Gasteiger partial charge in [0.15, 0.2) is 5.13 Å². The fourth-order valence-electron chi connectivity index (χ4n) is 1.20. The smallest absolute Gasteiger partial charge is 0.183 e. The van der Waals surface area contributed by atoms with Crippen LogP contribution in [0.5, 0.6) is 0 Å². The zero-order valence-corrected chi connectivity index (χ0v) is 9.21. The van der Waals surface area contributed by atoms with Gasteiger partial charge in [-0.2, -0.15) is 0 Å². The first kappa shape index (κ1) is 9.28. The second-order valence-corrected chi connectivity index (χ2v) is 4.66. The molecule has 0 amide bonds. The van der Waals surface area contributed by atoms with Crippen molar-refractivity contribution >= 4 is 28.1 Å². The van der Waals surface area contributed by atoms with E-state index in [2.05, 4.69) is 22.6 Å². The van der Waals surface area contributed by atoms with Crippen LogP contribution in [0.2, 0.25) is 0 Å². The minimum atomic E-state index is 0.171. The van der Waals surface area contributed by atoms with Crippen molar-refractivity contribution in [2.75, 3.05) is 11.2 Å². The third kappa shape index (κ3) is 1.97. The minimum absolute atomic E-state index is 0.171. The monoisotopic (exact) mass is 216 g/mol. The Morgan fingerprint density at radius 3 is 2.92 bits per heavy atom. The maximum atomic E-state index is 5.86. The van der Waals surface area contributed by atoms with Crippen molar-refractivity contribution in [1.82, 2.24) is 4.98 Å². The standard InChI is InChI=1S/C9H13ClN2S/c1-2-7-5-13-8(11-7)12-9(6-10)3-4-9/h5H,2-4,6H2,1H3,(H,11,12). The van der Waals surface area contributed by atoms with Crippen LogP contribution in [0.15, 0.2) is 5.38 Å². The molecule has 1 fully saturated rings. The van der Waals surface area contributed by atoms with E-state index < -0.39 is 0 Å². The van der Waals surface area contributed by atoms with Crippen molar-refractivity contribution in [2.24, 2.45) is 0 Å². The van der Waals surface area contributed by atoms with E-state index in [1.165, 1.54) is 12.8 Å². The largest absolute Gasteiger partial charge is 0.355 e. The molecular weight excluding hydrogens is 204 g/mol. The Morgan fingerprint density at radius 1 is 1.69 bits per heavy atom. The Hall–Kier alpha value is -0.280. The van der Waals surface area contributed by atoms with E-state index in [9.17, 15) is 0 Å². The van der Waals surface area contributed by atoms with Crippen molar-refractivity contribution in [1.29, 1.82) is 0 Å². The van der Waals surface area contributed by atoms with Crippen LogP contribution < -0.4 is 5.32 Å². The molecule has 4 heteroatoms. The Bertz CT molecular complexity index is 294. The van der Waals surface area contributed by atoms with E-state index in [1.54, 1.807) is 11.3 Å². The van der Waals surface area contributed by atoms with Gasteiger partial charge in [-0.3, -0.25) is 0 Å². The molecule has 0 atom stereocenters. The maximum Gasteiger partial charge on any atom is 0.183 e. The molecule has 1 aromatic rings. The number of rotatable bonds is 4. The summed E-state index contributed by atoms with van der Waals surface area (Å²) in [6.07, 6.45) is 3.36. The quantitative estimate of drug-likeness (QED) is 0.783. The third-order valence-corrected chi connectivity index (χ3v) is 3.71. The van der Waals surface area contributed by atoms with Crippen molar-refractivity contribution in [2.45, 2.75) is 31.7 Å². The highest BCUT2D eigenvalue weighted by Gasteiger charge is 2.42. The molecule has 0 unspecified atom stereocenters. The van der Waals surface area contributed by atoms with Gasteiger partial charge in [0.2, 0.25) is 0 Å². The summed E-state index contributed by atoms with van der Waals surface area (Å²) in [4.78, 5) is 4.45. The van der Waals surface area contributed by atoms with Gasteiger partial charge in [-0.15, -0.1) is 22.9 Å². The lowest BCUT2D eigenvalue weighted by Gasteiger charge is -2.11. The van der Waals surface area contributed by atoms with E-state index in [0.717, 1.165) is 17.2 Å². The van der Waals surface area contributed by atoms with Crippen molar-refractivity contribution in [3.63, 3.8) is 0 Å². The molecule has 72 valence electrons. The molecule has 0 aromatic carbocycles. The molecule has 1 N–H and O–H groups in total. The van der Waals surface area contributed by atoms with Gasteiger partial charge in [0.05, 0.1) is 11.2 Å². The summed E-state index contributed by atoms with van der Waals surface area (Å²) in [5.41, 5.74) is 1.34. The molecule has 0 saturated heterocycles. The van der Waals surface area contributed by atoms with E-state index in [0.29, 0.717) is 5.88 Å². The molecule has 0 spiro atoms. The van der Waals surface area contributed by atoms with Gasteiger partial charge >= 0.3 is 0 Å². The van der Waals surface area contributed by atoms with Gasteiger partial charge < -0.3 is 5.32 Å². The summed E-state index contributed by atoms with van der Waals surface area (Å²) < 4.78 is 0. The van der Waals surface area contributed by atoms with Gasteiger partial charge in [-0.25, -0.2) is 4.98 Å². The molecule has 2 rings (SSSR count). The summed E-state index contributed by atoms with van der Waals surface area (Å²) in [6.45, 7) is 2.12.